The Kier molecular flexibility index (Phi) is 5.12. The van der Waals surface area contributed by atoms with Gasteiger partial charge in [-0.25, -0.2) is 0 Å². The Hall–Kier alpha value is -1.22. The zero-order valence-electron chi connectivity index (χ0n) is 8.67. The van der Waals surface area contributed by atoms with Gasteiger partial charge in [-0.1, -0.05) is 12.1 Å². The quantitative estimate of drug-likeness (QED) is 0.767. The number of aliphatic hydroxyl groups is 2. The van der Waals surface area contributed by atoms with Crippen LogP contribution in [0, 0.1) is 11.3 Å². The number of rotatable bonds is 5. The number of hydrogen-bond donors (Lipinski definition) is 2. The maximum Gasteiger partial charge on any atom is 0.0991 e. The second-order valence-corrected chi connectivity index (χ2v) is 4.90. The highest BCUT2D eigenvalue weighted by Gasteiger charge is 2.09. The molecule has 0 amide bonds. The molecule has 1 aromatic carbocycles. The average Bonchev–Trinajstić information content (AvgIpc) is 2.28. The lowest BCUT2D eigenvalue weighted by Gasteiger charge is -2.06. The molecule has 0 aliphatic carbocycles. The maximum absolute atomic E-state index is 11.5. The molecule has 1 rings (SSSR count). The van der Waals surface area contributed by atoms with Crippen LogP contribution in [-0.2, 0) is 16.6 Å². The first-order chi connectivity index (χ1) is 7.65. The van der Waals surface area contributed by atoms with E-state index in [1.807, 2.05) is 6.07 Å². The second kappa shape index (κ2) is 6.38. The van der Waals surface area contributed by atoms with Crippen molar-refractivity contribution in [3.63, 3.8) is 0 Å². The minimum Gasteiger partial charge on any atom is -0.394 e. The van der Waals surface area contributed by atoms with Crippen LogP contribution in [0.1, 0.15) is 11.1 Å². The highest BCUT2D eigenvalue weighted by atomic mass is 32.2. The molecular weight excluding hydrogens is 226 g/mol. The zero-order chi connectivity index (χ0) is 12.0. The summed E-state index contributed by atoms with van der Waals surface area (Å²) in [4.78, 5) is 0. The van der Waals surface area contributed by atoms with Crippen LogP contribution in [0.25, 0.3) is 0 Å². The summed E-state index contributed by atoms with van der Waals surface area (Å²) in [5, 5.41) is 26.4. The predicted molar refractivity (Wildman–Crippen MR) is 61.0 cm³/mol. The van der Waals surface area contributed by atoms with Crippen LogP contribution in [0.15, 0.2) is 24.3 Å². The Labute approximate surface area is 96.6 Å². The average molecular weight is 239 g/mol. The molecule has 2 unspecified atom stereocenters. The summed E-state index contributed by atoms with van der Waals surface area (Å²) in [6, 6.07) is 8.86. The van der Waals surface area contributed by atoms with Crippen LogP contribution in [0.3, 0.4) is 0 Å². The molecule has 0 saturated carbocycles. The van der Waals surface area contributed by atoms with Crippen molar-refractivity contribution < 1.29 is 14.4 Å². The Morgan fingerprint density at radius 1 is 1.50 bits per heavy atom. The molecule has 0 saturated heterocycles. The van der Waals surface area contributed by atoms with Gasteiger partial charge in [0, 0.05) is 16.6 Å². The Balaban J connectivity index is 2.60. The summed E-state index contributed by atoms with van der Waals surface area (Å²) < 4.78 is 11.5. The van der Waals surface area contributed by atoms with Crippen molar-refractivity contribution in [2.24, 2.45) is 0 Å². The van der Waals surface area contributed by atoms with Gasteiger partial charge in [0.1, 0.15) is 0 Å². The lowest BCUT2D eigenvalue weighted by molar-refractivity contribution is 0.113. The molecular formula is C11H13NO3S. The number of aliphatic hydroxyl groups excluding tert-OH is 2. The number of nitriles is 1. The van der Waals surface area contributed by atoms with E-state index >= 15 is 0 Å². The van der Waals surface area contributed by atoms with Crippen molar-refractivity contribution in [1.29, 1.82) is 5.26 Å². The summed E-state index contributed by atoms with van der Waals surface area (Å²) in [7, 11) is -1.23. The minimum absolute atomic E-state index is 0.0489. The molecule has 0 fully saturated rings. The van der Waals surface area contributed by atoms with E-state index in [-0.39, 0.29) is 18.1 Å². The monoisotopic (exact) mass is 239 g/mol. The van der Waals surface area contributed by atoms with Gasteiger partial charge >= 0.3 is 0 Å². The van der Waals surface area contributed by atoms with Crippen molar-refractivity contribution in [3.05, 3.63) is 35.4 Å². The van der Waals surface area contributed by atoms with Crippen LogP contribution in [0.2, 0.25) is 0 Å². The minimum atomic E-state index is -1.23. The summed E-state index contributed by atoms with van der Waals surface area (Å²) in [5.74, 6) is 0.333. The lowest BCUT2D eigenvalue weighted by atomic mass is 10.2. The van der Waals surface area contributed by atoms with E-state index in [0.29, 0.717) is 5.56 Å². The molecule has 2 N–H and O–H groups in total. The van der Waals surface area contributed by atoms with Crippen molar-refractivity contribution in [3.8, 4) is 6.07 Å². The molecule has 1 aromatic rings. The molecule has 0 radical (unpaired) electrons. The zero-order valence-corrected chi connectivity index (χ0v) is 9.48. The van der Waals surface area contributed by atoms with Crippen molar-refractivity contribution >= 4 is 10.8 Å². The summed E-state index contributed by atoms with van der Waals surface area (Å²) in [5.41, 5.74) is 1.32. The smallest absolute Gasteiger partial charge is 0.0991 e. The Morgan fingerprint density at radius 3 is 2.88 bits per heavy atom. The van der Waals surface area contributed by atoms with Gasteiger partial charge in [0.2, 0.25) is 0 Å². The van der Waals surface area contributed by atoms with E-state index in [0.717, 1.165) is 5.56 Å². The van der Waals surface area contributed by atoms with Crippen LogP contribution in [0.5, 0.6) is 0 Å². The third-order valence-corrected chi connectivity index (χ3v) is 3.38. The van der Waals surface area contributed by atoms with E-state index in [1.165, 1.54) is 0 Å². The second-order valence-electron chi connectivity index (χ2n) is 3.40. The highest BCUT2D eigenvalue weighted by molar-refractivity contribution is 7.84. The van der Waals surface area contributed by atoms with Crippen molar-refractivity contribution in [2.75, 3.05) is 12.4 Å². The molecule has 0 heterocycles. The fraction of sp³-hybridized carbons (Fsp3) is 0.364. The van der Waals surface area contributed by atoms with E-state index in [2.05, 4.69) is 0 Å². The first-order valence-electron chi connectivity index (χ1n) is 4.78. The first-order valence-corrected chi connectivity index (χ1v) is 6.27. The SMILES string of the molecule is N#Cc1cccc(CS(=O)CC(O)CO)c1. The molecule has 86 valence electrons. The van der Waals surface area contributed by atoms with Gasteiger partial charge in [0.05, 0.1) is 30.1 Å². The van der Waals surface area contributed by atoms with Gasteiger partial charge in [0.25, 0.3) is 0 Å². The van der Waals surface area contributed by atoms with Gasteiger partial charge in [-0.3, -0.25) is 4.21 Å². The fourth-order valence-corrected chi connectivity index (χ4v) is 2.45. The molecule has 0 aliphatic heterocycles. The molecule has 0 spiro atoms. The van der Waals surface area contributed by atoms with Gasteiger partial charge in [-0.2, -0.15) is 5.26 Å². The van der Waals surface area contributed by atoms with Gasteiger partial charge in [-0.05, 0) is 17.7 Å². The van der Waals surface area contributed by atoms with Crippen molar-refractivity contribution in [1.82, 2.24) is 0 Å². The molecule has 16 heavy (non-hydrogen) atoms. The van der Waals surface area contributed by atoms with E-state index in [9.17, 15) is 4.21 Å². The lowest BCUT2D eigenvalue weighted by Crippen LogP contribution is -2.21. The normalized spacial score (nSPS) is 14.1. The Bertz CT molecular complexity index is 414. The van der Waals surface area contributed by atoms with E-state index < -0.39 is 16.9 Å². The highest BCUT2D eigenvalue weighted by Crippen LogP contribution is 2.07. The van der Waals surface area contributed by atoms with Crippen molar-refractivity contribution in [2.45, 2.75) is 11.9 Å². The largest absolute Gasteiger partial charge is 0.394 e. The predicted octanol–water partition coefficient (Wildman–Crippen LogP) is 0.160. The van der Waals surface area contributed by atoms with Crippen LogP contribution in [-0.4, -0.2) is 32.9 Å². The number of nitrogens with zero attached hydrogens (tertiary/aromatic N) is 1. The standard InChI is InChI=1S/C11H13NO3S/c12-5-9-2-1-3-10(4-9)7-16(15)8-11(14)6-13/h1-4,11,13-14H,6-8H2. The van der Waals surface area contributed by atoms with Crippen LogP contribution < -0.4 is 0 Å². The van der Waals surface area contributed by atoms with Crippen LogP contribution in [0.4, 0.5) is 0 Å². The number of benzene rings is 1. The molecule has 2 atom stereocenters. The molecule has 0 aliphatic rings. The van der Waals surface area contributed by atoms with Gasteiger partial charge in [-0.15, -0.1) is 0 Å². The Morgan fingerprint density at radius 2 is 2.25 bits per heavy atom. The van der Waals surface area contributed by atoms with Gasteiger partial charge < -0.3 is 10.2 Å². The maximum atomic E-state index is 11.5. The summed E-state index contributed by atoms with van der Waals surface area (Å²) in [6.07, 6.45) is -0.944. The van der Waals surface area contributed by atoms with E-state index in [1.54, 1.807) is 24.3 Å². The van der Waals surface area contributed by atoms with Crippen LogP contribution >= 0.6 is 0 Å². The first kappa shape index (κ1) is 12.8. The topological polar surface area (TPSA) is 81.3 Å². The number of hydrogen-bond acceptors (Lipinski definition) is 4. The summed E-state index contributed by atoms with van der Waals surface area (Å²) in [6.45, 7) is -0.385. The van der Waals surface area contributed by atoms with E-state index in [4.69, 9.17) is 15.5 Å². The third-order valence-electron chi connectivity index (χ3n) is 1.97. The molecule has 5 heteroatoms. The molecule has 0 bridgehead atoms. The summed E-state index contributed by atoms with van der Waals surface area (Å²) >= 11 is 0. The molecule has 0 aromatic heterocycles. The molecule has 4 nitrogen and oxygen atoms in total. The fourth-order valence-electron chi connectivity index (χ4n) is 1.24. The van der Waals surface area contributed by atoms with Gasteiger partial charge in [0.15, 0.2) is 0 Å². The third kappa shape index (κ3) is 4.11.